The van der Waals surface area contributed by atoms with E-state index >= 15 is 0 Å². The summed E-state index contributed by atoms with van der Waals surface area (Å²) in [4.78, 5) is 16.1. The minimum absolute atomic E-state index is 0.171. The number of carbonyl (C=O) groups is 1. The summed E-state index contributed by atoms with van der Waals surface area (Å²) in [6.45, 7) is 2.01. The van der Waals surface area contributed by atoms with Crippen molar-refractivity contribution < 1.29 is 9.63 Å². The average Bonchev–Trinajstić information content (AvgIpc) is 2.19. The Balaban J connectivity index is 2.18. The summed E-state index contributed by atoms with van der Waals surface area (Å²) < 4.78 is 0. The maximum atomic E-state index is 11.3. The van der Waals surface area contributed by atoms with E-state index < -0.39 is 0 Å². The molecule has 1 rings (SSSR count). The van der Waals surface area contributed by atoms with E-state index in [1.807, 2.05) is 6.92 Å². The van der Waals surface area contributed by atoms with Crippen molar-refractivity contribution >= 4 is 5.91 Å². The predicted octanol–water partition coefficient (Wildman–Crippen LogP) is 1.10. The highest BCUT2D eigenvalue weighted by Gasteiger charge is 2.21. The lowest BCUT2D eigenvalue weighted by Crippen LogP contribution is -2.39. The second kappa shape index (κ2) is 5.98. The number of nitrogens with two attached hydrogens (primary N) is 1. The third-order valence-corrected chi connectivity index (χ3v) is 2.71. The van der Waals surface area contributed by atoms with Crippen molar-refractivity contribution in [3.05, 3.63) is 0 Å². The monoisotopic (exact) mass is 200 g/mol. The second-order valence-corrected chi connectivity index (χ2v) is 3.93. The van der Waals surface area contributed by atoms with E-state index in [2.05, 4.69) is 5.32 Å². The highest BCUT2D eigenvalue weighted by molar-refractivity contribution is 5.76. The van der Waals surface area contributed by atoms with Gasteiger partial charge in [0.2, 0.25) is 5.91 Å². The van der Waals surface area contributed by atoms with Crippen LogP contribution in [0.25, 0.3) is 0 Å². The Labute approximate surface area is 85.1 Å². The van der Waals surface area contributed by atoms with Crippen molar-refractivity contribution in [2.75, 3.05) is 0 Å². The largest absolute Gasteiger partial charge is 0.353 e. The van der Waals surface area contributed by atoms with Crippen molar-refractivity contribution in [1.29, 1.82) is 0 Å². The molecule has 1 saturated carbocycles. The first kappa shape index (κ1) is 11.5. The first-order valence-corrected chi connectivity index (χ1v) is 5.41. The highest BCUT2D eigenvalue weighted by Crippen LogP contribution is 2.20. The van der Waals surface area contributed by atoms with E-state index in [1.165, 1.54) is 0 Å². The van der Waals surface area contributed by atoms with Crippen LogP contribution in [-0.2, 0) is 9.63 Å². The molecule has 4 nitrogen and oxygen atoms in total. The van der Waals surface area contributed by atoms with E-state index in [4.69, 9.17) is 10.7 Å². The highest BCUT2D eigenvalue weighted by atomic mass is 16.6. The molecule has 1 fully saturated rings. The van der Waals surface area contributed by atoms with Gasteiger partial charge in [0, 0.05) is 12.5 Å². The van der Waals surface area contributed by atoms with Crippen LogP contribution < -0.4 is 11.2 Å². The maximum Gasteiger partial charge on any atom is 0.220 e. The Morgan fingerprint density at radius 3 is 2.57 bits per heavy atom. The first-order chi connectivity index (χ1) is 6.76. The normalized spacial score (nSPS) is 27.3. The van der Waals surface area contributed by atoms with Crippen molar-refractivity contribution in [3.8, 4) is 0 Å². The standard InChI is InChI=1S/C10H20N2O2/c1-2-3-10(13)12-8-4-6-9(14-11)7-5-8/h8-9H,2-7,11H2,1H3,(H,12,13). The molecule has 0 heterocycles. The lowest BCUT2D eigenvalue weighted by atomic mass is 9.93. The fraction of sp³-hybridized carbons (Fsp3) is 0.900. The number of hydrogen-bond donors (Lipinski definition) is 2. The Kier molecular flexibility index (Phi) is 4.90. The number of rotatable bonds is 4. The molecule has 0 bridgehead atoms. The smallest absolute Gasteiger partial charge is 0.220 e. The second-order valence-electron chi connectivity index (χ2n) is 3.93. The summed E-state index contributed by atoms with van der Waals surface area (Å²) in [5.74, 6) is 5.28. The van der Waals surface area contributed by atoms with Gasteiger partial charge in [0.25, 0.3) is 0 Å². The fourth-order valence-electron chi connectivity index (χ4n) is 1.87. The third kappa shape index (κ3) is 3.64. The molecule has 0 saturated heterocycles. The molecule has 0 atom stereocenters. The molecule has 14 heavy (non-hydrogen) atoms. The van der Waals surface area contributed by atoms with Gasteiger partial charge in [0.15, 0.2) is 0 Å². The Morgan fingerprint density at radius 1 is 1.43 bits per heavy atom. The molecule has 1 amide bonds. The molecular formula is C10H20N2O2. The molecule has 0 unspecified atom stereocenters. The van der Waals surface area contributed by atoms with Gasteiger partial charge in [-0.05, 0) is 32.1 Å². The summed E-state index contributed by atoms with van der Waals surface area (Å²) in [6.07, 6.45) is 5.60. The molecule has 1 aliphatic rings. The van der Waals surface area contributed by atoms with Crippen molar-refractivity contribution in [3.63, 3.8) is 0 Å². The molecular weight excluding hydrogens is 180 g/mol. The third-order valence-electron chi connectivity index (χ3n) is 2.71. The van der Waals surface area contributed by atoms with Gasteiger partial charge in [-0.15, -0.1) is 0 Å². The zero-order chi connectivity index (χ0) is 10.4. The summed E-state index contributed by atoms with van der Waals surface area (Å²) in [5, 5.41) is 3.03. The quantitative estimate of drug-likeness (QED) is 0.668. The molecule has 0 aliphatic heterocycles. The summed E-state index contributed by atoms with van der Waals surface area (Å²) >= 11 is 0. The number of hydrogen-bond acceptors (Lipinski definition) is 3. The van der Waals surface area contributed by atoms with Crippen LogP contribution in [0.3, 0.4) is 0 Å². The van der Waals surface area contributed by atoms with Crippen LogP contribution >= 0.6 is 0 Å². The number of carbonyl (C=O) groups excluding carboxylic acids is 1. The van der Waals surface area contributed by atoms with Crippen LogP contribution in [0, 0.1) is 0 Å². The molecule has 82 valence electrons. The van der Waals surface area contributed by atoms with Gasteiger partial charge in [-0.25, -0.2) is 5.90 Å². The van der Waals surface area contributed by atoms with Gasteiger partial charge in [-0.1, -0.05) is 6.92 Å². The molecule has 3 N–H and O–H groups in total. The first-order valence-electron chi connectivity index (χ1n) is 5.41. The van der Waals surface area contributed by atoms with Gasteiger partial charge in [0.1, 0.15) is 0 Å². The minimum Gasteiger partial charge on any atom is -0.353 e. The van der Waals surface area contributed by atoms with Crippen molar-refractivity contribution in [2.24, 2.45) is 5.90 Å². The average molecular weight is 200 g/mol. The van der Waals surface area contributed by atoms with Gasteiger partial charge in [-0.2, -0.15) is 0 Å². The van der Waals surface area contributed by atoms with Gasteiger partial charge >= 0.3 is 0 Å². The molecule has 0 spiro atoms. The zero-order valence-electron chi connectivity index (χ0n) is 8.79. The Bertz CT molecular complexity index is 177. The molecule has 0 aromatic heterocycles. The molecule has 0 aromatic carbocycles. The Hall–Kier alpha value is -0.610. The molecule has 0 aromatic rings. The number of nitrogens with one attached hydrogen (secondary N) is 1. The SMILES string of the molecule is CCCC(=O)NC1CCC(ON)CC1. The van der Waals surface area contributed by atoms with Crippen molar-refractivity contribution in [2.45, 2.75) is 57.6 Å². The van der Waals surface area contributed by atoms with Crippen LogP contribution in [-0.4, -0.2) is 18.1 Å². The van der Waals surface area contributed by atoms with Crippen LogP contribution in [0.5, 0.6) is 0 Å². The zero-order valence-corrected chi connectivity index (χ0v) is 8.79. The van der Waals surface area contributed by atoms with Gasteiger partial charge in [0.05, 0.1) is 6.10 Å². The summed E-state index contributed by atoms with van der Waals surface area (Å²) in [6, 6.07) is 0.334. The molecule has 4 heteroatoms. The van der Waals surface area contributed by atoms with Crippen LogP contribution in [0.2, 0.25) is 0 Å². The molecule has 0 radical (unpaired) electrons. The predicted molar refractivity (Wildman–Crippen MR) is 54.4 cm³/mol. The van der Waals surface area contributed by atoms with E-state index in [0.717, 1.165) is 32.1 Å². The summed E-state index contributed by atoms with van der Waals surface area (Å²) in [7, 11) is 0. The van der Waals surface area contributed by atoms with E-state index in [9.17, 15) is 4.79 Å². The van der Waals surface area contributed by atoms with Crippen LogP contribution in [0.1, 0.15) is 45.4 Å². The van der Waals surface area contributed by atoms with Crippen LogP contribution in [0.15, 0.2) is 0 Å². The lowest BCUT2D eigenvalue weighted by molar-refractivity contribution is -0.122. The van der Waals surface area contributed by atoms with Crippen LogP contribution in [0.4, 0.5) is 0 Å². The number of amides is 1. The van der Waals surface area contributed by atoms with Crippen molar-refractivity contribution in [1.82, 2.24) is 5.32 Å². The Morgan fingerprint density at radius 2 is 2.07 bits per heavy atom. The van der Waals surface area contributed by atoms with Gasteiger partial charge in [-0.3, -0.25) is 4.79 Å². The fourth-order valence-corrected chi connectivity index (χ4v) is 1.87. The van der Waals surface area contributed by atoms with E-state index in [0.29, 0.717) is 12.5 Å². The lowest BCUT2D eigenvalue weighted by Gasteiger charge is -2.27. The van der Waals surface area contributed by atoms with E-state index in [-0.39, 0.29) is 12.0 Å². The minimum atomic E-state index is 0.171. The maximum absolute atomic E-state index is 11.3. The summed E-state index contributed by atoms with van der Waals surface area (Å²) in [5.41, 5.74) is 0. The molecule has 1 aliphatic carbocycles. The van der Waals surface area contributed by atoms with Gasteiger partial charge < -0.3 is 10.2 Å². The van der Waals surface area contributed by atoms with E-state index in [1.54, 1.807) is 0 Å². The topological polar surface area (TPSA) is 64.3 Å².